The monoisotopic (exact) mass is 380 g/mol. The fourth-order valence-electron chi connectivity index (χ4n) is 1.65. The van der Waals surface area contributed by atoms with Gasteiger partial charge in [-0.15, -0.1) is 11.6 Å². The van der Waals surface area contributed by atoms with Gasteiger partial charge in [-0.25, -0.2) is 0 Å². The Balaban J connectivity index is 0.000000383. The van der Waals surface area contributed by atoms with Crippen molar-refractivity contribution in [3.8, 4) is 0 Å². The minimum Gasteiger partial charge on any atom is -0.289 e. The van der Waals surface area contributed by atoms with Gasteiger partial charge in [-0.05, 0) is 38.7 Å². The van der Waals surface area contributed by atoms with E-state index in [4.69, 9.17) is 22.7 Å². The predicted molar refractivity (Wildman–Crippen MR) is 101 cm³/mol. The highest BCUT2D eigenvalue weighted by Gasteiger charge is 2.20. The maximum atomic E-state index is 11.2. The van der Waals surface area contributed by atoms with Crippen LogP contribution in [0.1, 0.15) is 26.2 Å². The van der Waals surface area contributed by atoms with Crippen molar-refractivity contribution in [1.82, 2.24) is 0 Å². The topological polar surface area (TPSA) is 132 Å². The quantitative estimate of drug-likeness (QED) is 0.151. The van der Waals surface area contributed by atoms with Gasteiger partial charge in [-0.3, -0.25) is 9.59 Å². The Labute approximate surface area is 154 Å². The van der Waals surface area contributed by atoms with Crippen LogP contribution in [0.25, 0.3) is 20.9 Å². The molecule has 0 saturated heterocycles. The second-order valence-electron chi connectivity index (χ2n) is 4.43. The number of carbonyl (C=O) groups excluding carboxylic acids is 2. The molecule has 0 aromatic rings. The average molecular weight is 381 g/mol. The summed E-state index contributed by atoms with van der Waals surface area (Å²) in [6.45, 7) is 2.17. The zero-order valence-corrected chi connectivity index (χ0v) is 15.2. The first-order valence-electron chi connectivity index (χ1n) is 7.29. The van der Waals surface area contributed by atoms with E-state index < -0.39 is 0 Å². The third-order valence-electron chi connectivity index (χ3n) is 2.73. The highest BCUT2D eigenvalue weighted by atomic mass is 35.5. The van der Waals surface area contributed by atoms with E-state index in [1.807, 2.05) is 0 Å². The molecule has 132 valence electrons. The van der Waals surface area contributed by atoms with Gasteiger partial charge in [0, 0.05) is 39.0 Å². The Morgan fingerprint density at radius 1 is 1.00 bits per heavy atom. The number of fused-ring (bicyclic) bond motifs is 1. The number of unbranched alkanes of at least 4 members (excludes halogenated alkanes) is 2. The molecule has 2 rings (SSSR count). The molecule has 10 heteroatoms. The van der Waals surface area contributed by atoms with Crippen molar-refractivity contribution in [3.05, 3.63) is 68.5 Å². The number of hydrogen-bond donors (Lipinski definition) is 0. The maximum absolute atomic E-state index is 11.2. The normalized spacial score (nSPS) is 13.5. The number of hydrogen-bond acceptors (Lipinski definition) is 5. The largest absolute Gasteiger partial charge is 0.289 e. The Hall–Kier alpha value is -2.44. The van der Waals surface area contributed by atoms with E-state index in [2.05, 4.69) is 25.8 Å². The van der Waals surface area contributed by atoms with Crippen molar-refractivity contribution < 1.29 is 9.59 Å². The van der Waals surface area contributed by atoms with E-state index >= 15 is 0 Å². The van der Waals surface area contributed by atoms with Gasteiger partial charge in [0.25, 0.3) is 0 Å². The standard InChI is InChI=1S/C10H6O2.C5H11Cl.N6S/c11-9-5-1-3-7-8(9)4-2-6-10(7)12;1-2-3-4-5-6;1-3-5-7-6-4-2/h1-6H;2-5H2,1H3;. The molecule has 0 heterocycles. The predicted octanol–water partition coefficient (Wildman–Crippen LogP) is 5.70. The lowest BCUT2D eigenvalue weighted by molar-refractivity contribution is -0.114. The van der Waals surface area contributed by atoms with Crippen molar-refractivity contribution in [2.45, 2.75) is 26.2 Å². The average Bonchev–Trinajstić information content (AvgIpc) is 2.63. The van der Waals surface area contributed by atoms with Gasteiger partial charge in [0.15, 0.2) is 11.6 Å². The van der Waals surface area contributed by atoms with E-state index in [1.165, 1.54) is 31.4 Å². The number of halogens is 1. The van der Waals surface area contributed by atoms with Gasteiger partial charge in [0.2, 0.25) is 0 Å². The van der Waals surface area contributed by atoms with Crippen molar-refractivity contribution in [2.75, 3.05) is 5.88 Å². The van der Waals surface area contributed by atoms with E-state index in [-0.39, 0.29) is 11.6 Å². The zero-order chi connectivity index (χ0) is 18.9. The first-order valence-corrected chi connectivity index (χ1v) is 8.55. The number of azide groups is 1. The molecule has 0 atom stereocenters. The van der Waals surface area contributed by atoms with Crippen molar-refractivity contribution >= 4 is 35.3 Å². The fourth-order valence-corrected chi connectivity index (χ4v) is 1.93. The molecule has 0 amide bonds. The van der Waals surface area contributed by atoms with E-state index in [1.54, 1.807) is 24.3 Å². The van der Waals surface area contributed by atoms with Gasteiger partial charge in [-0.1, -0.05) is 44.1 Å². The summed E-state index contributed by atoms with van der Waals surface area (Å²) < 4.78 is 5.68. The SMILES string of the molecule is CCCCCCl.O=C1C=CC=C2C(=O)C=CC=C12.[N-]=[N+]=NSN=[N+]=[N-]. The fraction of sp³-hybridized carbons (Fsp3) is 0.333. The zero-order valence-electron chi connectivity index (χ0n) is 13.6. The number of carbonyl (C=O) groups is 2. The van der Waals surface area contributed by atoms with Crippen LogP contribution in [0.4, 0.5) is 0 Å². The molecular formula is C15H17ClN6O2S. The summed E-state index contributed by atoms with van der Waals surface area (Å²) in [4.78, 5) is 27.0. The molecule has 25 heavy (non-hydrogen) atoms. The number of ketones is 2. The second-order valence-corrected chi connectivity index (χ2v) is 5.30. The second kappa shape index (κ2) is 15.1. The van der Waals surface area contributed by atoms with Crippen LogP contribution >= 0.6 is 23.7 Å². The Morgan fingerprint density at radius 2 is 1.48 bits per heavy atom. The molecule has 0 N–H and O–H groups in total. The molecule has 0 aliphatic heterocycles. The summed E-state index contributed by atoms with van der Waals surface area (Å²) in [7, 11) is 0. The minimum atomic E-state index is -0.0924. The van der Waals surface area contributed by atoms with Crippen LogP contribution in [-0.4, -0.2) is 17.4 Å². The molecular weight excluding hydrogens is 364 g/mol. The maximum Gasteiger partial charge on any atom is 0.186 e. The molecule has 0 aromatic heterocycles. The Bertz CT molecular complexity index is 628. The molecule has 0 saturated carbocycles. The number of allylic oxidation sites excluding steroid dienone is 8. The van der Waals surface area contributed by atoms with Crippen LogP contribution in [0.15, 0.2) is 56.6 Å². The summed E-state index contributed by atoms with van der Waals surface area (Å²) in [6, 6.07) is 0. The highest BCUT2D eigenvalue weighted by molar-refractivity contribution is 7.96. The molecule has 2 aliphatic rings. The molecule has 8 nitrogen and oxygen atoms in total. The third-order valence-corrected chi connectivity index (χ3v) is 3.28. The summed E-state index contributed by atoms with van der Waals surface area (Å²) in [6.07, 6.45) is 13.2. The van der Waals surface area contributed by atoms with Gasteiger partial charge < -0.3 is 0 Å². The summed E-state index contributed by atoms with van der Waals surface area (Å²) in [5, 5.41) is 0. The molecule has 0 spiro atoms. The lowest BCUT2D eigenvalue weighted by Crippen LogP contribution is -2.13. The van der Waals surface area contributed by atoms with E-state index in [0.717, 1.165) is 5.88 Å². The molecule has 2 aliphatic carbocycles. The summed E-state index contributed by atoms with van der Waals surface area (Å²) >= 11 is 5.85. The smallest absolute Gasteiger partial charge is 0.186 e. The molecule has 0 bridgehead atoms. The van der Waals surface area contributed by atoms with Crippen LogP contribution < -0.4 is 0 Å². The lowest BCUT2D eigenvalue weighted by atomic mass is 9.90. The van der Waals surface area contributed by atoms with Gasteiger partial charge in [0.1, 0.15) is 0 Å². The van der Waals surface area contributed by atoms with Crippen molar-refractivity contribution in [3.63, 3.8) is 0 Å². The van der Waals surface area contributed by atoms with Gasteiger partial charge >= 0.3 is 0 Å². The molecule has 0 fully saturated rings. The van der Waals surface area contributed by atoms with Crippen LogP contribution in [-0.2, 0) is 9.59 Å². The lowest BCUT2D eigenvalue weighted by Gasteiger charge is -2.11. The molecule has 0 unspecified atom stereocenters. The molecule has 0 aromatic carbocycles. The first-order chi connectivity index (χ1) is 12.1. The van der Waals surface area contributed by atoms with Crippen molar-refractivity contribution in [2.24, 2.45) is 9.04 Å². The van der Waals surface area contributed by atoms with Crippen LogP contribution in [0.2, 0.25) is 0 Å². The molecule has 0 radical (unpaired) electrons. The van der Waals surface area contributed by atoms with Crippen LogP contribution in [0.3, 0.4) is 0 Å². The van der Waals surface area contributed by atoms with E-state index in [0.29, 0.717) is 23.3 Å². The Kier molecular flexibility index (Phi) is 13.6. The third kappa shape index (κ3) is 10.1. The Morgan fingerprint density at radius 3 is 1.80 bits per heavy atom. The number of alkyl halides is 1. The number of nitrogens with zero attached hydrogens (tertiary/aromatic N) is 6. The van der Waals surface area contributed by atoms with Crippen LogP contribution in [0.5, 0.6) is 0 Å². The summed E-state index contributed by atoms with van der Waals surface area (Å²) in [5.74, 6) is 0.642. The highest BCUT2D eigenvalue weighted by Crippen LogP contribution is 2.21. The number of rotatable bonds is 5. The summed E-state index contributed by atoms with van der Waals surface area (Å²) in [5.41, 5.74) is 16.1. The minimum absolute atomic E-state index is 0.0924. The van der Waals surface area contributed by atoms with Gasteiger partial charge in [-0.2, -0.15) is 0 Å². The first kappa shape index (κ1) is 22.6. The van der Waals surface area contributed by atoms with Crippen molar-refractivity contribution in [1.29, 1.82) is 0 Å². The van der Waals surface area contributed by atoms with Gasteiger partial charge in [0.05, 0.1) is 0 Å². The van der Waals surface area contributed by atoms with E-state index in [9.17, 15) is 9.59 Å². The van der Waals surface area contributed by atoms with Crippen LogP contribution in [0, 0.1) is 0 Å².